The molecule has 2 aromatic heterocycles. The van der Waals surface area contributed by atoms with Crippen molar-refractivity contribution >= 4 is 11.0 Å². The molecule has 2 heterocycles. The van der Waals surface area contributed by atoms with E-state index in [9.17, 15) is 36.2 Å². The summed E-state index contributed by atoms with van der Waals surface area (Å²) >= 11 is 0. The Morgan fingerprint density at radius 1 is 0.861 bits per heavy atom. The minimum absolute atomic E-state index is 0.0178. The van der Waals surface area contributed by atoms with E-state index in [1.807, 2.05) is 0 Å². The summed E-state index contributed by atoms with van der Waals surface area (Å²) < 4.78 is 80.9. The Labute approximate surface area is 200 Å². The molecule has 0 spiro atoms. The summed E-state index contributed by atoms with van der Waals surface area (Å²) in [5.41, 5.74) is -4.96. The molecule has 0 saturated heterocycles. The molecule has 0 aliphatic heterocycles. The van der Waals surface area contributed by atoms with Gasteiger partial charge in [-0.05, 0) is 43.2 Å². The number of benzene rings is 2. The largest absolute Gasteiger partial charge is 0.430 e. The fraction of sp³-hybridized carbons (Fsp3) is 0.240. The molecule has 0 bridgehead atoms. The highest BCUT2D eigenvalue weighted by Gasteiger charge is 2.71. The highest BCUT2D eigenvalue weighted by atomic mass is 19.4. The summed E-state index contributed by atoms with van der Waals surface area (Å²) in [5, 5.41) is 9.86. The number of aliphatic hydroxyl groups is 1. The number of aryl methyl sites for hydroxylation is 2. The number of alkyl halides is 6. The van der Waals surface area contributed by atoms with Crippen LogP contribution in [0, 0.1) is 13.8 Å². The summed E-state index contributed by atoms with van der Waals surface area (Å²) in [5.74, 6) is 0.186. The van der Waals surface area contributed by atoms with Crippen LogP contribution in [0.2, 0.25) is 0 Å². The van der Waals surface area contributed by atoms with Gasteiger partial charge in [0.05, 0.1) is 11.1 Å². The first kappa shape index (κ1) is 25.4. The highest BCUT2D eigenvalue weighted by Crippen LogP contribution is 2.50. The van der Waals surface area contributed by atoms with E-state index < -0.39 is 29.1 Å². The lowest BCUT2D eigenvalue weighted by Gasteiger charge is -2.32. The van der Waals surface area contributed by atoms with Gasteiger partial charge in [0, 0.05) is 17.7 Å². The van der Waals surface area contributed by atoms with Crippen molar-refractivity contribution in [2.45, 2.75) is 38.2 Å². The van der Waals surface area contributed by atoms with Crippen molar-refractivity contribution in [1.29, 1.82) is 0 Å². The number of nitrogens with zero attached hydrogens (tertiary/aromatic N) is 3. The summed E-state index contributed by atoms with van der Waals surface area (Å²) in [7, 11) is 0. The van der Waals surface area contributed by atoms with E-state index >= 15 is 0 Å². The molecule has 1 N–H and O–H groups in total. The number of hydrogen-bond donors (Lipinski definition) is 1. The maximum Gasteiger partial charge on any atom is 0.430 e. The maximum absolute atomic E-state index is 13.5. The standard InChI is InChI=1S/C25H19F6N3O2/c1-14-12-15(2)32-21-20(14)22(35)34(19(33-21)13-16-6-4-3-5-7-16)18-10-8-17(9-11-18)23(36,24(26,27)28)25(29,30)31/h3-12,36H,13H2,1-2H3. The van der Waals surface area contributed by atoms with Gasteiger partial charge in [-0.1, -0.05) is 42.5 Å². The number of rotatable bonds is 4. The Bertz CT molecular complexity index is 1460. The van der Waals surface area contributed by atoms with Gasteiger partial charge < -0.3 is 5.11 Å². The number of halogens is 6. The van der Waals surface area contributed by atoms with Crippen molar-refractivity contribution < 1.29 is 31.4 Å². The Kier molecular flexibility index (Phi) is 6.16. The van der Waals surface area contributed by atoms with E-state index in [4.69, 9.17) is 0 Å². The molecule has 0 aliphatic rings. The van der Waals surface area contributed by atoms with Gasteiger partial charge in [0.25, 0.3) is 11.2 Å². The number of hydrogen-bond acceptors (Lipinski definition) is 4. The van der Waals surface area contributed by atoms with Crippen LogP contribution in [0.25, 0.3) is 16.7 Å². The molecule has 188 valence electrons. The fourth-order valence-corrected chi connectivity index (χ4v) is 4.07. The molecule has 0 unspecified atom stereocenters. The summed E-state index contributed by atoms with van der Waals surface area (Å²) in [6.07, 6.45) is -11.9. The molecule has 0 amide bonds. The van der Waals surface area contributed by atoms with Crippen molar-refractivity contribution in [2.75, 3.05) is 0 Å². The second-order valence-electron chi connectivity index (χ2n) is 8.36. The molecule has 4 aromatic rings. The molecule has 36 heavy (non-hydrogen) atoms. The molecule has 0 aliphatic carbocycles. The SMILES string of the molecule is Cc1cc(C)c2c(=O)n(-c3ccc(C(O)(C(F)(F)F)C(F)(F)F)cc3)c(Cc3ccccc3)nc2n1. The Morgan fingerprint density at radius 3 is 2.00 bits per heavy atom. The molecule has 0 saturated carbocycles. The normalized spacial score (nSPS) is 12.8. The zero-order chi connectivity index (χ0) is 26.5. The van der Waals surface area contributed by atoms with Crippen LogP contribution in [0.3, 0.4) is 0 Å². The van der Waals surface area contributed by atoms with Crippen LogP contribution in [0.1, 0.15) is 28.2 Å². The van der Waals surface area contributed by atoms with Crippen molar-refractivity contribution in [3.05, 3.63) is 99.2 Å². The van der Waals surface area contributed by atoms with E-state index in [0.717, 1.165) is 22.3 Å². The molecule has 5 nitrogen and oxygen atoms in total. The van der Waals surface area contributed by atoms with Crippen molar-refractivity contribution in [1.82, 2.24) is 14.5 Å². The van der Waals surface area contributed by atoms with Gasteiger partial charge in [0.2, 0.25) is 0 Å². The molecule has 0 fully saturated rings. The Hall–Kier alpha value is -3.73. The van der Waals surface area contributed by atoms with E-state index in [2.05, 4.69) is 9.97 Å². The van der Waals surface area contributed by atoms with Crippen molar-refractivity contribution in [3.8, 4) is 5.69 Å². The lowest BCUT2D eigenvalue weighted by atomic mass is 9.92. The fourth-order valence-electron chi connectivity index (χ4n) is 4.07. The van der Waals surface area contributed by atoms with Crippen LogP contribution in [-0.4, -0.2) is 32.0 Å². The van der Waals surface area contributed by atoms with Gasteiger partial charge in [-0.15, -0.1) is 0 Å². The predicted octanol–water partition coefficient (Wildman–Crippen LogP) is 5.30. The van der Waals surface area contributed by atoms with Gasteiger partial charge in [-0.3, -0.25) is 9.36 Å². The van der Waals surface area contributed by atoms with Gasteiger partial charge >= 0.3 is 12.4 Å². The zero-order valence-corrected chi connectivity index (χ0v) is 18.9. The number of pyridine rings is 1. The third-order valence-corrected chi connectivity index (χ3v) is 5.80. The molecule has 0 radical (unpaired) electrons. The predicted molar refractivity (Wildman–Crippen MR) is 120 cm³/mol. The van der Waals surface area contributed by atoms with E-state index in [-0.39, 0.29) is 29.0 Å². The average Bonchev–Trinajstić information content (AvgIpc) is 2.77. The van der Waals surface area contributed by atoms with Gasteiger partial charge in [-0.25, -0.2) is 9.97 Å². The first-order chi connectivity index (χ1) is 16.7. The van der Waals surface area contributed by atoms with E-state index in [1.54, 1.807) is 50.2 Å². The third-order valence-electron chi connectivity index (χ3n) is 5.80. The van der Waals surface area contributed by atoms with Crippen LogP contribution < -0.4 is 5.56 Å². The number of aromatic nitrogens is 3. The quantitative estimate of drug-likeness (QED) is 0.381. The number of fused-ring (bicyclic) bond motifs is 1. The molecule has 4 rings (SSSR count). The lowest BCUT2D eigenvalue weighted by molar-refractivity contribution is -0.376. The third kappa shape index (κ3) is 4.23. The minimum atomic E-state index is -6.02. The van der Waals surface area contributed by atoms with Gasteiger partial charge in [0.1, 0.15) is 5.82 Å². The molecule has 11 heteroatoms. The Balaban J connectivity index is 1.94. The molecule has 2 aromatic carbocycles. The summed E-state index contributed by atoms with van der Waals surface area (Å²) in [6.45, 7) is 3.41. The monoisotopic (exact) mass is 507 g/mol. The molecular formula is C25H19F6N3O2. The minimum Gasteiger partial charge on any atom is -0.369 e. The second-order valence-corrected chi connectivity index (χ2v) is 8.36. The summed E-state index contributed by atoms with van der Waals surface area (Å²) in [4.78, 5) is 22.4. The van der Waals surface area contributed by atoms with Crippen molar-refractivity contribution in [2.24, 2.45) is 0 Å². The molecular weight excluding hydrogens is 488 g/mol. The topological polar surface area (TPSA) is 68.0 Å². The van der Waals surface area contributed by atoms with E-state index in [1.165, 1.54) is 0 Å². The lowest BCUT2D eigenvalue weighted by Crippen LogP contribution is -2.53. The maximum atomic E-state index is 13.5. The zero-order valence-electron chi connectivity index (χ0n) is 18.9. The first-order valence-corrected chi connectivity index (χ1v) is 10.6. The Morgan fingerprint density at radius 2 is 1.44 bits per heavy atom. The summed E-state index contributed by atoms with van der Waals surface area (Å²) in [6, 6.07) is 13.4. The van der Waals surface area contributed by atoms with Crippen LogP contribution >= 0.6 is 0 Å². The van der Waals surface area contributed by atoms with Gasteiger partial charge in [0.15, 0.2) is 5.65 Å². The molecule has 0 atom stereocenters. The van der Waals surface area contributed by atoms with Crippen LogP contribution in [0.15, 0.2) is 65.5 Å². The van der Waals surface area contributed by atoms with Gasteiger partial charge in [-0.2, -0.15) is 26.3 Å². The second kappa shape index (κ2) is 8.74. The first-order valence-electron chi connectivity index (χ1n) is 10.6. The van der Waals surface area contributed by atoms with Crippen molar-refractivity contribution in [3.63, 3.8) is 0 Å². The van der Waals surface area contributed by atoms with Crippen LogP contribution in [-0.2, 0) is 12.0 Å². The van der Waals surface area contributed by atoms with Crippen LogP contribution in [0.5, 0.6) is 0 Å². The smallest absolute Gasteiger partial charge is 0.369 e. The average molecular weight is 507 g/mol. The highest BCUT2D eigenvalue weighted by molar-refractivity contribution is 5.78. The van der Waals surface area contributed by atoms with E-state index in [0.29, 0.717) is 23.4 Å². The van der Waals surface area contributed by atoms with Crippen LogP contribution in [0.4, 0.5) is 26.3 Å².